The third kappa shape index (κ3) is 2.09. The molecular weight excluding hydrogens is 268 g/mol. The smallest absolute Gasteiger partial charge is 0.348 e. The van der Waals surface area contributed by atoms with E-state index in [-0.39, 0.29) is 5.92 Å². The molecule has 2 aromatic carbocycles. The highest BCUT2D eigenvalue weighted by molar-refractivity contribution is 5.85. The van der Waals surface area contributed by atoms with Crippen molar-refractivity contribution in [2.75, 3.05) is 7.11 Å². The monoisotopic (exact) mass is 282 g/mol. The molecule has 0 saturated heterocycles. The molecule has 0 aliphatic heterocycles. The van der Waals surface area contributed by atoms with Crippen molar-refractivity contribution in [1.82, 2.24) is 0 Å². The first-order chi connectivity index (χ1) is 10.3. The second-order valence-corrected chi connectivity index (χ2v) is 4.83. The van der Waals surface area contributed by atoms with Crippen molar-refractivity contribution in [3.05, 3.63) is 59.7 Å². The Balaban J connectivity index is 2.17. The van der Waals surface area contributed by atoms with Crippen molar-refractivity contribution >= 4 is 12.4 Å². The van der Waals surface area contributed by atoms with E-state index in [1.807, 2.05) is 48.5 Å². The SMILES string of the molecule is COC(=O)C(OC=O)C1c2ccccc2-c2ccccc21. The summed E-state index contributed by atoms with van der Waals surface area (Å²) < 4.78 is 9.82. The summed E-state index contributed by atoms with van der Waals surface area (Å²) in [5, 5.41) is 0. The van der Waals surface area contributed by atoms with E-state index in [0.717, 1.165) is 22.3 Å². The van der Waals surface area contributed by atoms with Crippen molar-refractivity contribution in [3.63, 3.8) is 0 Å². The quantitative estimate of drug-likeness (QED) is 0.638. The molecule has 0 saturated carbocycles. The van der Waals surface area contributed by atoms with Crippen molar-refractivity contribution in [2.24, 2.45) is 0 Å². The minimum Gasteiger partial charge on any atom is -0.466 e. The summed E-state index contributed by atoms with van der Waals surface area (Å²) in [7, 11) is 1.29. The highest BCUT2D eigenvalue weighted by Gasteiger charge is 2.39. The molecule has 4 nitrogen and oxygen atoms in total. The van der Waals surface area contributed by atoms with Crippen LogP contribution >= 0.6 is 0 Å². The van der Waals surface area contributed by atoms with Gasteiger partial charge in [-0.3, -0.25) is 4.79 Å². The van der Waals surface area contributed by atoms with Gasteiger partial charge in [-0.05, 0) is 22.3 Å². The molecule has 106 valence electrons. The normalized spacial score (nSPS) is 14.0. The van der Waals surface area contributed by atoms with E-state index >= 15 is 0 Å². The molecule has 0 fully saturated rings. The van der Waals surface area contributed by atoms with Crippen LogP contribution in [-0.2, 0) is 19.1 Å². The van der Waals surface area contributed by atoms with Gasteiger partial charge in [0.2, 0.25) is 6.10 Å². The average molecular weight is 282 g/mol. The van der Waals surface area contributed by atoms with Crippen molar-refractivity contribution in [3.8, 4) is 11.1 Å². The fourth-order valence-corrected chi connectivity index (χ4v) is 2.97. The van der Waals surface area contributed by atoms with Gasteiger partial charge >= 0.3 is 5.97 Å². The lowest BCUT2D eigenvalue weighted by atomic mass is 9.91. The summed E-state index contributed by atoms with van der Waals surface area (Å²) in [4.78, 5) is 22.8. The van der Waals surface area contributed by atoms with Gasteiger partial charge in [0.25, 0.3) is 6.47 Å². The molecule has 2 aromatic rings. The number of carbonyl (C=O) groups is 2. The molecule has 1 atom stereocenters. The molecule has 4 heteroatoms. The van der Waals surface area contributed by atoms with Gasteiger partial charge < -0.3 is 9.47 Å². The number of carbonyl (C=O) groups excluding carboxylic acids is 2. The van der Waals surface area contributed by atoms with Gasteiger partial charge in [-0.25, -0.2) is 4.79 Å². The summed E-state index contributed by atoms with van der Waals surface area (Å²) in [5.41, 5.74) is 4.05. The van der Waals surface area contributed by atoms with Crippen LogP contribution in [0, 0.1) is 0 Å². The van der Waals surface area contributed by atoms with E-state index in [1.54, 1.807) is 0 Å². The van der Waals surface area contributed by atoms with Crippen LogP contribution in [0.3, 0.4) is 0 Å². The summed E-state index contributed by atoms with van der Waals surface area (Å²) in [6, 6.07) is 15.6. The molecule has 0 radical (unpaired) electrons. The minimum atomic E-state index is -0.975. The summed E-state index contributed by atoms with van der Waals surface area (Å²) >= 11 is 0. The van der Waals surface area contributed by atoms with E-state index in [9.17, 15) is 9.59 Å². The number of hydrogen-bond acceptors (Lipinski definition) is 4. The van der Waals surface area contributed by atoms with Gasteiger partial charge in [0, 0.05) is 0 Å². The second kappa shape index (κ2) is 5.40. The predicted octanol–water partition coefficient (Wildman–Crippen LogP) is 2.51. The first-order valence-electron chi connectivity index (χ1n) is 6.63. The molecule has 21 heavy (non-hydrogen) atoms. The molecule has 0 spiro atoms. The molecular formula is C17H14O4. The average Bonchev–Trinajstić information content (AvgIpc) is 2.86. The molecule has 1 aliphatic rings. The topological polar surface area (TPSA) is 52.6 Å². The molecule has 0 N–H and O–H groups in total. The third-order valence-electron chi connectivity index (χ3n) is 3.82. The Bertz CT molecular complexity index is 647. The predicted molar refractivity (Wildman–Crippen MR) is 76.7 cm³/mol. The molecule has 0 heterocycles. The number of fused-ring (bicyclic) bond motifs is 3. The highest BCUT2D eigenvalue weighted by atomic mass is 16.6. The Kier molecular flexibility index (Phi) is 3.44. The Morgan fingerprint density at radius 2 is 1.57 bits per heavy atom. The largest absolute Gasteiger partial charge is 0.466 e. The van der Waals surface area contributed by atoms with Crippen LogP contribution in [0.1, 0.15) is 17.0 Å². The Morgan fingerprint density at radius 3 is 2.05 bits per heavy atom. The molecule has 0 bridgehead atoms. The van der Waals surface area contributed by atoms with Crippen LogP contribution < -0.4 is 0 Å². The summed E-state index contributed by atoms with van der Waals surface area (Å²) in [6.45, 7) is 0.297. The van der Waals surface area contributed by atoms with Crippen LogP contribution in [0.25, 0.3) is 11.1 Å². The van der Waals surface area contributed by atoms with Gasteiger partial charge in [-0.2, -0.15) is 0 Å². The van der Waals surface area contributed by atoms with E-state index in [2.05, 4.69) is 0 Å². The first kappa shape index (κ1) is 13.4. The molecule has 1 aliphatic carbocycles. The van der Waals surface area contributed by atoms with E-state index in [0.29, 0.717) is 6.47 Å². The number of esters is 1. The van der Waals surface area contributed by atoms with Gasteiger partial charge in [-0.15, -0.1) is 0 Å². The van der Waals surface area contributed by atoms with E-state index < -0.39 is 12.1 Å². The standard InChI is InChI=1S/C17H14O4/c1-20-17(19)16(21-10-18)15-13-8-4-2-6-11(13)12-7-3-5-9-14(12)15/h2-10,15-16H,1H3. The third-order valence-corrected chi connectivity index (χ3v) is 3.82. The molecule has 3 rings (SSSR count). The van der Waals surface area contributed by atoms with Crippen LogP contribution in [-0.4, -0.2) is 25.7 Å². The maximum absolute atomic E-state index is 12.0. The zero-order valence-electron chi connectivity index (χ0n) is 11.5. The number of hydrogen-bond donors (Lipinski definition) is 0. The zero-order chi connectivity index (χ0) is 14.8. The summed E-state index contributed by atoms with van der Waals surface area (Å²) in [6.07, 6.45) is -0.975. The Morgan fingerprint density at radius 1 is 1.05 bits per heavy atom. The molecule has 0 aromatic heterocycles. The van der Waals surface area contributed by atoms with Crippen LogP contribution in [0.15, 0.2) is 48.5 Å². The van der Waals surface area contributed by atoms with E-state index in [1.165, 1.54) is 7.11 Å². The Hall–Kier alpha value is -2.62. The molecule has 0 amide bonds. The minimum absolute atomic E-state index is 0.297. The number of benzene rings is 2. The number of rotatable bonds is 4. The number of ether oxygens (including phenoxy) is 2. The first-order valence-corrected chi connectivity index (χ1v) is 6.63. The zero-order valence-corrected chi connectivity index (χ0v) is 11.5. The second-order valence-electron chi connectivity index (χ2n) is 4.83. The summed E-state index contributed by atoms with van der Waals surface area (Å²) in [5.74, 6) is -0.895. The van der Waals surface area contributed by atoms with Crippen LogP contribution in [0.5, 0.6) is 0 Å². The Labute approximate surface area is 122 Å². The molecule has 1 unspecified atom stereocenters. The lowest BCUT2D eigenvalue weighted by Gasteiger charge is -2.21. The lowest BCUT2D eigenvalue weighted by Crippen LogP contribution is -2.31. The van der Waals surface area contributed by atoms with Crippen molar-refractivity contribution in [2.45, 2.75) is 12.0 Å². The van der Waals surface area contributed by atoms with Crippen molar-refractivity contribution in [1.29, 1.82) is 0 Å². The highest BCUT2D eigenvalue weighted by Crippen LogP contribution is 2.46. The fraction of sp³-hybridized carbons (Fsp3) is 0.176. The van der Waals surface area contributed by atoms with Crippen molar-refractivity contribution < 1.29 is 19.1 Å². The van der Waals surface area contributed by atoms with Gasteiger partial charge in [0.15, 0.2) is 0 Å². The van der Waals surface area contributed by atoms with E-state index in [4.69, 9.17) is 9.47 Å². The maximum atomic E-state index is 12.0. The van der Waals surface area contributed by atoms with Gasteiger partial charge in [0.1, 0.15) is 0 Å². The lowest BCUT2D eigenvalue weighted by molar-refractivity contribution is -0.160. The maximum Gasteiger partial charge on any atom is 0.348 e. The number of methoxy groups -OCH3 is 1. The van der Waals surface area contributed by atoms with Gasteiger partial charge in [0.05, 0.1) is 13.0 Å². The van der Waals surface area contributed by atoms with Crippen LogP contribution in [0.2, 0.25) is 0 Å². The fourth-order valence-electron chi connectivity index (χ4n) is 2.97. The van der Waals surface area contributed by atoms with Crippen LogP contribution in [0.4, 0.5) is 0 Å². The van der Waals surface area contributed by atoms with Gasteiger partial charge in [-0.1, -0.05) is 48.5 Å².